The Morgan fingerprint density at radius 3 is 2.33 bits per heavy atom. The Bertz CT molecular complexity index is 584. The molecule has 6 heteroatoms. The van der Waals surface area contributed by atoms with Gasteiger partial charge in [-0.25, -0.2) is 8.78 Å². The van der Waals surface area contributed by atoms with Gasteiger partial charge in [0.25, 0.3) is 0 Å². The van der Waals surface area contributed by atoms with Gasteiger partial charge in [-0.2, -0.15) is 0 Å². The summed E-state index contributed by atoms with van der Waals surface area (Å²) < 4.78 is 26.4. The van der Waals surface area contributed by atoms with E-state index in [2.05, 4.69) is 0 Å². The van der Waals surface area contributed by atoms with Crippen molar-refractivity contribution in [2.24, 2.45) is 5.92 Å². The molecule has 1 N–H and O–H groups in total. The van der Waals surface area contributed by atoms with Gasteiger partial charge in [0, 0.05) is 19.0 Å². The Morgan fingerprint density at radius 2 is 1.75 bits per heavy atom. The number of carbonyl (C=O) groups is 2. The molecule has 132 valence electrons. The maximum atomic E-state index is 13.4. The van der Waals surface area contributed by atoms with Crippen molar-refractivity contribution < 1.29 is 23.5 Å². The molecule has 1 aromatic rings. The normalized spacial score (nSPS) is 15.8. The lowest BCUT2D eigenvalue weighted by atomic mass is 9.98. The molecule has 0 aliphatic heterocycles. The van der Waals surface area contributed by atoms with Crippen molar-refractivity contribution in [3.63, 3.8) is 0 Å². The fraction of sp³-hybridized carbons (Fsp3) is 0.556. The van der Waals surface area contributed by atoms with Crippen LogP contribution in [0.2, 0.25) is 0 Å². The molecule has 0 aromatic heterocycles. The fourth-order valence-corrected chi connectivity index (χ4v) is 3.14. The van der Waals surface area contributed by atoms with E-state index >= 15 is 0 Å². The van der Waals surface area contributed by atoms with Gasteiger partial charge in [0.05, 0.1) is 6.42 Å². The summed E-state index contributed by atoms with van der Waals surface area (Å²) in [6, 6.07) is 3.51. The van der Waals surface area contributed by atoms with Crippen molar-refractivity contribution in [1.29, 1.82) is 0 Å². The minimum absolute atomic E-state index is 0.0731. The Labute approximate surface area is 140 Å². The van der Waals surface area contributed by atoms with E-state index in [4.69, 9.17) is 5.11 Å². The van der Waals surface area contributed by atoms with Crippen LogP contribution in [-0.4, -0.2) is 28.4 Å². The lowest BCUT2D eigenvalue weighted by Gasteiger charge is -2.26. The third-order valence-electron chi connectivity index (χ3n) is 4.47. The van der Waals surface area contributed by atoms with Crippen LogP contribution in [0.25, 0.3) is 0 Å². The van der Waals surface area contributed by atoms with Crippen molar-refractivity contribution in [2.75, 3.05) is 6.54 Å². The molecular formula is C18H23F2NO3. The highest BCUT2D eigenvalue weighted by Gasteiger charge is 2.25. The Balaban J connectivity index is 2.11. The third-order valence-corrected chi connectivity index (χ3v) is 4.47. The molecule has 24 heavy (non-hydrogen) atoms. The zero-order valence-electron chi connectivity index (χ0n) is 13.6. The van der Waals surface area contributed by atoms with E-state index in [0.29, 0.717) is 5.56 Å². The predicted octanol–water partition coefficient (Wildman–Crippen LogP) is 3.74. The Hall–Kier alpha value is -1.98. The van der Waals surface area contributed by atoms with Gasteiger partial charge in [0.1, 0.15) is 0 Å². The first-order valence-electron chi connectivity index (χ1n) is 8.42. The molecule has 1 fully saturated rings. The van der Waals surface area contributed by atoms with Gasteiger partial charge in [-0.1, -0.05) is 31.7 Å². The van der Waals surface area contributed by atoms with Gasteiger partial charge in [-0.05, 0) is 30.5 Å². The van der Waals surface area contributed by atoms with E-state index < -0.39 is 17.6 Å². The van der Waals surface area contributed by atoms with Crippen LogP contribution in [-0.2, 0) is 16.1 Å². The number of hydrogen-bond acceptors (Lipinski definition) is 2. The summed E-state index contributed by atoms with van der Waals surface area (Å²) in [5.41, 5.74) is 0.460. The number of halogens is 2. The molecule has 0 saturated heterocycles. The summed E-state index contributed by atoms with van der Waals surface area (Å²) in [7, 11) is 0. The number of rotatable bonds is 6. The molecule has 0 bridgehead atoms. The molecule has 0 unspecified atom stereocenters. The molecule has 1 amide bonds. The summed E-state index contributed by atoms with van der Waals surface area (Å²) >= 11 is 0. The zero-order valence-corrected chi connectivity index (χ0v) is 13.6. The van der Waals surface area contributed by atoms with Crippen LogP contribution in [0, 0.1) is 17.6 Å². The zero-order chi connectivity index (χ0) is 17.5. The molecule has 0 radical (unpaired) electrons. The van der Waals surface area contributed by atoms with Crippen LogP contribution in [0.1, 0.15) is 50.5 Å². The number of carbonyl (C=O) groups excluding carboxylic acids is 1. The highest BCUT2D eigenvalue weighted by Crippen LogP contribution is 2.25. The van der Waals surface area contributed by atoms with Crippen LogP contribution >= 0.6 is 0 Å². The summed E-state index contributed by atoms with van der Waals surface area (Å²) in [6.07, 6.45) is 5.66. The average Bonchev–Trinajstić information content (AvgIpc) is 2.83. The van der Waals surface area contributed by atoms with E-state index in [-0.39, 0.29) is 31.3 Å². The van der Waals surface area contributed by atoms with Gasteiger partial charge in [-0.15, -0.1) is 0 Å². The first-order chi connectivity index (χ1) is 11.5. The summed E-state index contributed by atoms with van der Waals surface area (Å²) in [5.74, 6) is -3.08. The molecule has 4 nitrogen and oxygen atoms in total. The van der Waals surface area contributed by atoms with Crippen LogP contribution < -0.4 is 0 Å². The first kappa shape index (κ1) is 18.4. The summed E-state index contributed by atoms with van der Waals surface area (Å²) in [6.45, 7) is 0.170. The predicted molar refractivity (Wildman–Crippen MR) is 85.2 cm³/mol. The van der Waals surface area contributed by atoms with Crippen molar-refractivity contribution in [3.05, 3.63) is 35.4 Å². The van der Waals surface area contributed by atoms with Crippen molar-refractivity contribution in [3.8, 4) is 0 Å². The van der Waals surface area contributed by atoms with Crippen molar-refractivity contribution in [2.45, 2.75) is 51.5 Å². The minimum atomic E-state index is -0.987. The largest absolute Gasteiger partial charge is 0.481 e. The maximum absolute atomic E-state index is 13.4. The van der Waals surface area contributed by atoms with E-state index in [9.17, 15) is 18.4 Å². The second-order valence-corrected chi connectivity index (χ2v) is 6.34. The molecule has 0 spiro atoms. The first-order valence-corrected chi connectivity index (χ1v) is 8.42. The third kappa shape index (κ3) is 5.28. The van der Waals surface area contributed by atoms with Gasteiger partial charge in [0.15, 0.2) is 11.6 Å². The number of carboxylic acids is 1. The van der Waals surface area contributed by atoms with E-state index in [1.807, 2.05) is 0 Å². The van der Waals surface area contributed by atoms with Gasteiger partial charge in [0.2, 0.25) is 5.91 Å². The maximum Gasteiger partial charge on any atom is 0.305 e. The Kier molecular flexibility index (Phi) is 6.70. The van der Waals surface area contributed by atoms with E-state index in [1.165, 1.54) is 11.0 Å². The average molecular weight is 339 g/mol. The number of benzene rings is 1. The molecule has 1 saturated carbocycles. The topological polar surface area (TPSA) is 57.6 Å². The monoisotopic (exact) mass is 339 g/mol. The number of carboxylic acid groups (broad SMARTS) is 1. The second-order valence-electron chi connectivity index (χ2n) is 6.34. The summed E-state index contributed by atoms with van der Waals surface area (Å²) in [5, 5.41) is 8.90. The van der Waals surface area contributed by atoms with Crippen LogP contribution in [0.15, 0.2) is 18.2 Å². The minimum Gasteiger partial charge on any atom is -0.481 e. The highest BCUT2D eigenvalue weighted by molar-refractivity contribution is 5.79. The van der Waals surface area contributed by atoms with Crippen LogP contribution in [0.4, 0.5) is 8.78 Å². The number of aliphatic carboxylic acids is 1. The van der Waals surface area contributed by atoms with Crippen LogP contribution in [0.3, 0.4) is 0 Å². The molecule has 1 aliphatic rings. The van der Waals surface area contributed by atoms with Crippen molar-refractivity contribution >= 4 is 11.9 Å². The smallest absolute Gasteiger partial charge is 0.305 e. The standard InChI is InChI=1S/C18H23F2NO3/c19-15-8-7-13(11-16(15)20)12-21(10-9-17(22)23)18(24)14-5-3-1-2-4-6-14/h7-8,11,14H,1-6,9-10,12H2,(H,22,23). The highest BCUT2D eigenvalue weighted by atomic mass is 19.2. The fourth-order valence-electron chi connectivity index (χ4n) is 3.14. The van der Waals surface area contributed by atoms with Crippen LogP contribution in [0.5, 0.6) is 0 Å². The summed E-state index contributed by atoms with van der Waals surface area (Å²) in [4.78, 5) is 25.1. The molecule has 0 atom stereocenters. The lowest BCUT2D eigenvalue weighted by molar-refractivity contribution is -0.140. The molecule has 1 aromatic carbocycles. The lowest BCUT2D eigenvalue weighted by Crippen LogP contribution is -2.37. The Morgan fingerprint density at radius 1 is 1.08 bits per heavy atom. The molecule has 1 aliphatic carbocycles. The van der Waals surface area contributed by atoms with E-state index in [1.54, 1.807) is 0 Å². The SMILES string of the molecule is O=C(O)CCN(Cc1ccc(F)c(F)c1)C(=O)C1CCCCCC1. The van der Waals surface area contributed by atoms with Crippen molar-refractivity contribution in [1.82, 2.24) is 4.90 Å². The molecular weight excluding hydrogens is 316 g/mol. The number of amides is 1. The molecule has 2 rings (SSSR count). The number of hydrogen-bond donors (Lipinski definition) is 1. The quantitative estimate of drug-likeness (QED) is 0.803. The number of nitrogens with zero attached hydrogens (tertiary/aromatic N) is 1. The van der Waals surface area contributed by atoms with Gasteiger partial charge < -0.3 is 10.0 Å². The second kappa shape index (κ2) is 8.76. The van der Waals surface area contributed by atoms with Gasteiger partial charge >= 0.3 is 5.97 Å². The van der Waals surface area contributed by atoms with E-state index in [0.717, 1.165) is 50.7 Å². The molecule has 0 heterocycles. The van der Waals surface area contributed by atoms with Gasteiger partial charge in [-0.3, -0.25) is 9.59 Å².